The molecule has 0 bridgehead atoms. The summed E-state index contributed by atoms with van der Waals surface area (Å²) in [7, 11) is 0. The van der Waals surface area contributed by atoms with Gasteiger partial charge in [0.05, 0.1) is 10.6 Å². The summed E-state index contributed by atoms with van der Waals surface area (Å²) in [6.07, 6.45) is 21.3. The van der Waals surface area contributed by atoms with Gasteiger partial charge in [0.1, 0.15) is 11.5 Å². The van der Waals surface area contributed by atoms with Crippen molar-refractivity contribution in [1.29, 1.82) is 0 Å². The van der Waals surface area contributed by atoms with E-state index in [4.69, 9.17) is 0 Å². The Bertz CT molecular complexity index is 729. The van der Waals surface area contributed by atoms with E-state index >= 15 is 0 Å². The zero-order valence-corrected chi connectivity index (χ0v) is 20.0. The number of carbonyl (C=O) groups excluding carboxylic acids is 2. The van der Waals surface area contributed by atoms with Crippen LogP contribution in [0.25, 0.3) is 5.76 Å². The molecule has 1 aliphatic rings. The molecule has 1 heterocycles. The molecule has 1 aromatic rings. The van der Waals surface area contributed by atoms with Crippen LogP contribution in [0.1, 0.15) is 119 Å². The predicted octanol–water partition coefficient (Wildman–Crippen LogP) is 7.71. The minimum absolute atomic E-state index is 0.196. The van der Waals surface area contributed by atoms with Crippen LogP contribution >= 0.6 is 11.8 Å². The number of hydrogen-bond donors (Lipinski definition) is 1. The second kappa shape index (κ2) is 15.2. The molecule has 0 unspecified atom stereocenters. The van der Waals surface area contributed by atoms with Gasteiger partial charge in [-0.3, -0.25) is 9.59 Å². The molecule has 0 saturated carbocycles. The Balaban J connectivity index is 1.45. The van der Waals surface area contributed by atoms with Crippen LogP contribution in [0.15, 0.2) is 23.2 Å². The van der Waals surface area contributed by atoms with E-state index in [1.165, 1.54) is 89.9 Å². The first-order chi connectivity index (χ1) is 15.1. The fourth-order valence-corrected chi connectivity index (χ4v) is 4.82. The lowest BCUT2D eigenvalue weighted by atomic mass is 9.99. The molecule has 1 aromatic heterocycles. The summed E-state index contributed by atoms with van der Waals surface area (Å²) in [5, 5.41) is 10.7. The fourth-order valence-electron chi connectivity index (χ4n) is 3.94. The number of aliphatic hydroxyl groups is 1. The van der Waals surface area contributed by atoms with E-state index < -0.39 is 11.6 Å². The van der Waals surface area contributed by atoms with Gasteiger partial charge >= 0.3 is 0 Å². The number of carbonyl (C=O) groups is 2. The van der Waals surface area contributed by atoms with Crippen molar-refractivity contribution >= 4 is 29.1 Å². The number of pyridine rings is 1. The molecule has 2 rings (SSSR count). The number of allylic oxidation sites excluding steroid dienone is 1. The van der Waals surface area contributed by atoms with Gasteiger partial charge in [0.25, 0.3) is 0 Å². The summed E-state index contributed by atoms with van der Waals surface area (Å²) in [5.74, 6) is -0.528. The number of aromatic nitrogens is 1. The van der Waals surface area contributed by atoms with Crippen molar-refractivity contribution in [2.75, 3.05) is 5.75 Å². The second-order valence-electron chi connectivity index (χ2n) is 8.57. The first-order valence-electron chi connectivity index (χ1n) is 12.3. The highest BCUT2D eigenvalue weighted by Gasteiger charge is 2.27. The van der Waals surface area contributed by atoms with Gasteiger partial charge in [0.15, 0.2) is 0 Å². The molecule has 0 spiro atoms. The number of rotatable bonds is 17. The minimum Gasteiger partial charge on any atom is -0.506 e. The summed E-state index contributed by atoms with van der Waals surface area (Å²) >= 11 is 1.64. The van der Waals surface area contributed by atoms with Gasteiger partial charge in [-0.15, -0.1) is 11.8 Å². The second-order valence-corrected chi connectivity index (χ2v) is 9.68. The molecule has 5 heteroatoms. The van der Waals surface area contributed by atoms with Crippen LogP contribution in [0, 0.1) is 0 Å². The maximum atomic E-state index is 11.8. The molecule has 31 heavy (non-hydrogen) atoms. The fraction of sp³-hybridized carbons (Fsp3) is 0.654. The van der Waals surface area contributed by atoms with E-state index in [0.717, 1.165) is 23.3 Å². The highest BCUT2D eigenvalue weighted by atomic mass is 32.2. The lowest BCUT2D eigenvalue weighted by molar-refractivity contribution is -0.111. The smallest absolute Gasteiger partial charge is 0.235 e. The van der Waals surface area contributed by atoms with Gasteiger partial charge in [-0.25, -0.2) is 4.98 Å². The summed E-state index contributed by atoms with van der Waals surface area (Å²) < 4.78 is 0. The van der Waals surface area contributed by atoms with Crippen LogP contribution in [-0.4, -0.2) is 27.4 Å². The summed E-state index contributed by atoms with van der Waals surface area (Å²) in [6.45, 7) is 2.27. The third kappa shape index (κ3) is 9.59. The van der Waals surface area contributed by atoms with E-state index in [1.54, 1.807) is 23.9 Å². The number of hydrogen-bond acceptors (Lipinski definition) is 5. The first kappa shape index (κ1) is 25.6. The quantitative estimate of drug-likeness (QED) is 0.151. The Hall–Kier alpha value is -1.62. The predicted molar refractivity (Wildman–Crippen MR) is 130 cm³/mol. The van der Waals surface area contributed by atoms with E-state index in [0.29, 0.717) is 0 Å². The molecule has 0 radical (unpaired) electrons. The SMILES string of the molecule is CCCCCCCCCCCCCCCCCSc1ccc2c(n1)C(O)=CC(=O)C2=O. The molecule has 0 fully saturated rings. The molecule has 0 aliphatic heterocycles. The molecule has 1 N–H and O–H groups in total. The molecule has 172 valence electrons. The normalized spacial score (nSPS) is 13.4. The van der Waals surface area contributed by atoms with E-state index in [2.05, 4.69) is 11.9 Å². The van der Waals surface area contributed by atoms with Crippen molar-refractivity contribution in [2.24, 2.45) is 0 Å². The number of thioether (sulfide) groups is 1. The van der Waals surface area contributed by atoms with Crippen LogP contribution < -0.4 is 0 Å². The summed E-state index contributed by atoms with van der Waals surface area (Å²) in [6, 6.07) is 3.36. The third-order valence-corrected chi connectivity index (χ3v) is 6.86. The highest BCUT2D eigenvalue weighted by molar-refractivity contribution is 7.99. The Morgan fingerprint density at radius 1 is 0.774 bits per heavy atom. The van der Waals surface area contributed by atoms with E-state index in [1.807, 2.05) is 0 Å². The summed E-state index contributed by atoms with van der Waals surface area (Å²) in [4.78, 5) is 27.7. The molecule has 0 saturated heterocycles. The van der Waals surface area contributed by atoms with Crippen molar-refractivity contribution in [3.63, 3.8) is 0 Å². The number of nitrogens with zero attached hydrogens (tertiary/aromatic N) is 1. The van der Waals surface area contributed by atoms with Gasteiger partial charge in [-0.2, -0.15) is 0 Å². The van der Waals surface area contributed by atoms with Crippen molar-refractivity contribution in [1.82, 2.24) is 4.98 Å². The Labute approximate surface area is 192 Å². The highest BCUT2D eigenvalue weighted by Crippen LogP contribution is 2.26. The van der Waals surface area contributed by atoms with Crippen molar-refractivity contribution in [3.8, 4) is 0 Å². The van der Waals surface area contributed by atoms with Crippen LogP contribution in [0.4, 0.5) is 0 Å². The Morgan fingerprint density at radius 2 is 1.29 bits per heavy atom. The average molecular weight is 446 g/mol. The maximum absolute atomic E-state index is 11.8. The average Bonchev–Trinajstić information content (AvgIpc) is 2.77. The Kier molecular flexibility index (Phi) is 12.6. The molecular weight excluding hydrogens is 406 g/mol. The lowest BCUT2D eigenvalue weighted by Crippen LogP contribution is -2.19. The van der Waals surface area contributed by atoms with Crippen LogP contribution in [0.5, 0.6) is 0 Å². The van der Waals surface area contributed by atoms with Gasteiger partial charge in [0.2, 0.25) is 11.6 Å². The molecule has 0 amide bonds. The topological polar surface area (TPSA) is 67.3 Å². The van der Waals surface area contributed by atoms with Crippen LogP contribution in [0.3, 0.4) is 0 Å². The molecule has 0 aromatic carbocycles. The summed E-state index contributed by atoms with van der Waals surface area (Å²) in [5.41, 5.74) is 0.424. The van der Waals surface area contributed by atoms with E-state index in [-0.39, 0.29) is 17.0 Å². The zero-order valence-electron chi connectivity index (χ0n) is 19.2. The van der Waals surface area contributed by atoms with E-state index in [9.17, 15) is 14.7 Å². The standard InChI is InChI=1S/C26H39NO3S/c1-2-3-4-5-6-7-8-9-10-11-12-13-14-15-16-19-31-24-18-17-21-25(27-24)22(28)20-23(29)26(21)30/h17-18,20,28H,2-16,19H2,1H3. The Morgan fingerprint density at radius 3 is 1.84 bits per heavy atom. The van der Waals surface area contributed by atoms with Crippen LogP contribution in [0.2, 0.25) is 0 Å². The zero-order chi connectivity index (χ0) is 22.3. The number of unbranched alkanes of at least 4 members (excludes halogenated alkanes) is 14. The van der Waals surface area contributed by atoms with Gasteiger partial charge < -0.3 is 5.11 Å². The number of fused-ring (bicyclic) bond motifs is 1. The number of aliphatic hydroxyl groups excluding tert-OH is 1. The largest absolute Gasteiger partial charge is 0.506 e. The molecule has 0 atom stereocenters. The van der Waals surface area contributed by atoms with Crippen LogP contribution in [-0.2, 0) is 4.79 Å². The first-order valence-corrected chi connectivity index (χ1v) is 13.3. The monoisotopic (exact) mass is 445 g/mol. The van der Waals surface area contributed by atoms with Crippen molar-refractivity contribution in [2.45, 2.75) is 108 Å². The number of Topliss-reactive ketones (excluding diaryl/α,β-unsaturated/α-hetero) is 1. The minimum atomic E-state index is -0.690. The third-order valence-electron chi connectivity index (χ3n) is 5.85. The van der Waals surface area contributed by atoms with Gasteiger partial charge in [0, 0.05) is 6.08 Å². The molecular formula is C26H39NO3S. The van der Waals surface area contributed by atoms with Gasteiger partial charge in [-0.05, 0) is 24.3 Å². The van der Waals surface area contributed by atoms with Gasteiger partial charge in [-0.1, -0.05) is 96.8 Å². The van der Waals surface area contributed by atoms with Crippen molar-refractivity contribution < 1.29 is 14.7 Å². The molecule has 4 nitrogen and oxygen atoms in total. The van der Waals surface area contributed by atoms with Crippen molar-refractivity contribution in [3.05, 3.63) is 29.5 Å². The maximum Gasteiger partial charge on any atom is 0.235 e. The number of ketones is 2. The molecule has 1 aliphatic carbocycles. The lowest BCUT2D eigenvalue weighted by Gasteiger charge is -2.12.